The molecule has 11 heteroatoms. The Kier molecular flexibility index (Phi) is 6.04. The predicted molar refractivity (Wildman–Crippen MR) is 126 cm³/mol. The van der Waals surface area contributed by atoms with E-state index in [0.29, 0.717) is 38.3 Å². The molecule has 1 aromatic heterocycles. The molecule has 0 aliphatic carbocycles. The summed E-state index contributed by atoms with van der Waals surface area (Å²) in [6, 6.07) is 15.5. The molecule has 0 unspecified atom stereocenters. The highest BCUT2D eigenvalue weighted by molar-refractivity contribution is 7.80. The second kappa shape index (κ2) is 8.91. The number of halogens is 2. The van der Waals surface area contributed by atoms with Gasteiger partial charge in [-0.1, -0.05) is 29.3 Å². The number of nitrogens with one attached hydrogen (secondary N) is 2. The maximum absolute atomic E-state index is 12.3. The second-order valence-corrected chi connectivity index (χ2v) is 7.80. The van der Waals surface area contributed by atoms with Crippen molar-refractivity contribution in [2.24, 2.45) is 0 Å². The highest BCUT2D eigenvalue weighted by atomic mass is 35.5. The molecule has 8 nitrogen and oxygen atoms in total. The number of nitro benzene ring substituents is 1. The van der Waals surface area contributed by atoms with Gasteiger partial charge in [-0.2, -0.15) is 0 Å². The third kappa shape index (κ3) is 4.70. The highest BCUT2D eigenvalue weighted by Gasteiger charge is 2.14. The van der Waals surface area contributed by atoms with Crippen LogP contribution in [0, 0.1) is 10.1 Å². The number of thiocarbonyl (C=S) groups is 1. The number of rotatable bonds is 4. The van der Waals surface area contributed by atoms with Crippen LogP contribution in [0.4, 0.5) is 11.4 Å². The summed E-state index contributed by atoms with van der Waals surface area (Å²) in [5.41, 5.74) is 2.32. The van der Waals surface area contributed by atoms with Crippen LogP contribution in [0.15, 0.2) is 65.1 Å². The smallest absolute Gasteiger partial charge is 0.269 e. The molecule has 4 rings (SSSR count). The average molecular weight is 487 g/mol. The fourth-order valence-corrected chi connectivity index (χ4v) is 3.62. The van der Waals surface area contributed by atoms with Crippen LogP contribution in [0.25, 0.3) is 22.6 Å². The minimum absolute atomic E-state index is 0.0536. The molecule has 0 radical (unpaired) electrons. The van der Waals surface area contributed by atoms with Gasteiger partial charge in [-0.05, 0) is 54.7 Å². The Bertz CT molecular complexity index is 1370. The van der Waals surface area contributed by atoms with Gasteiger partial charge in [-0.15, -0.1) is 0 Å². The highest BCUT2D eigenvalue weighted by Crippen LogP contribution is 2.32. The maximum Gasteiger partial charge on any atom is 0.269 e. The van der Waals surface area contributed by atoms with Crippen molar-refractivity contribution in [1.29, 1.82) is 0 Å². The number of aromatic nitrogens is 1. The van der Waals surface area contributed by atoms with Gasteiger partial charge in [-0.25, -0.2) is 4.98 Å². The van der Waals surface area contributed by atoms with E-state index in [1.807, 2.05) is 0 Å². The summed E-state index contributed by atoms with van der Waals surface area (Å²) in [7, 11) is 0. The second-order valence-electron chi connectivity index (χ2n) is 6.55. The first-order valence-corrected chi connectivity index (χ1v) is 10.2. The number of hydrogen-bond acceptors (Lipinski definition) is 6. The molecular weight excluding hydrogens is 475 g/mol. The average Bonchev–Trinajstić information content (AvgIpc) is 3.18. The van der Waals surface area contributed by atoms with E-state index in [9.17, 15) is 14.9 Å². The number of nitrogens with zero attached hydrogens (tertiary/aromatic N) is 2. The number of benzene rings is 3. The largest absolute Gasteiger partial charge is 0.435 e. The predicted octanol–water partition coefficient (Wildman–Crippen LogP) is 5.84. The van der Waals surface area contributed by atoms with Crippen LogP contribution in [0.5, 0.6) is 0 Å². The van der Waals surface area contributed by atoms with E-state index in [2.05, 4.69) is 15.6 Å². The molecule has 160 valence electrons. The minimum atomic E-state index is -0.541. The van der Waals surface area contributed by atoms with Crippen LogP contribution in [-0.4, -0.2) is 20.9 Å². The number of carbonyl (C=O) groups is 1. The topological polar surface area (TPSA) is 110 Å². The van der Waals surface area contributed by atoms with Crippen LogP contribution in [-0.2, 0) is 0 Å². The lowest BCUT2D eigenvalue weighted by Crippen LogP contribution is -2.34. The molecule has 2 N–H and O–H groups in total. The number of non-ortho nitro benzene ring substituents is 1. The molecular formula is C21H12Cl2N4O4S. The Labute approximate surface area is 196 Å². The van der Waals surface area contributed by atoms with E-state index in [1.165, 1.54) is 24.3 Å². The number of oxazole rings is 1. The lowest BCUT2D eigenvalue weighted by atomic mass is 10.2. The van der Waals surface area contributed by atoms with Crippen molar-refractivity contribution in [2.75, 3.05) is 5.32 Å². The number of anilines is 1. The summed E-state index contributed by atoms with van der Waals surface area (Å²) in [6.45, 7) is 0. The van der Waals surface area contributed by atoms with E-state index in [4.69, 9.17) is 39.8 Å². The van der Waals surface area contributed by atoms with Gasteiger partial charge in [0.25, 0.3) is 11.6 Å². The summed E-state index contributed by atoms with van der Waals surface area (Å²) in [6.07, 6.45) is 0. The van der Waals surface area contributed by atoms with Crippen LogP contribution < -0.4 is 10.6 Å². The zero-order chi connectivity index (χ0) is 22.8. The molecule has 0 spiro atoms. The molecule has 0 saturated heterocycles. The molecule has 1 heterocycles. The van der Waals surface area contributed by atoms with Gasteiger partial charge in [-0.3, -0.25) is 20.2 Å². The molecule has 0 fully saturated rings. The van der Waals surface area contributed by atoms with E-state index in [1.54, 1.807) is 36.4 Å². The standard InChI is InChI=1S/C21H12Cl2N4O4S/c22-13-9-16(23)18-17(10-13)25-20(31-18)12-2-1-3-14(8-12)24-21(32)26-19(28)11-4-6-15(7-5-11)27(29)30/h1-10H,(H2,24,26,28,32). The van der Waals surface area contributed by atoms with Crippen molar-refractivity contribution >= 4 is 68.9 Å². The molecule has 0 bridgehead atoms. The van der Waals surface area contributed by atoms with Gasteiger partial charge in [0.15, 0.2) is 10.7 Å². The van der Waals surface area contributed by atoms with Gasteiger partial charge < -0.3 is 9.73 Å². The Morgan fingerprint density at radius 3 is 2.56 bits per heavy atom. The van der Waals surface area contributed by atoms with Crippen LogP contribution in [0.1, 0.15) is 10.4 Å². The summed E-state index contributed by atoms with van der Waals surface area (Å²) >= 11 is 17.4. The fourth-order valence-electron chi connectivity index (χ4n) is 2.89. The van der Waals surface area contributed by atoms with Gasteiger partial charge >= 0.3 is 0 Å². The molecule has 0 saturated carbocycles. The number of nitro groups is 1. The van der Waals surface area contributed by atoms with Crippen LogP contribution >= 0.6 is 35.4 Å². The molecule has 0 atom stereocenters. The first-order valence-electron chi connectivity index (χ1n) is 9.03. The Morgan fingerprint density at radius 2 is 1.84 bits per heavy atom. The van der Waals surface area contributed by atoms with Gasteiger partial charge in [0.1, 0.15) is 5.52 Å². The van der Waals surface area contributed by atoms with Crippen molar-refractivity contribution in [2.45, 2.75) is 0 Å². The summed E-state index contributed by atoms with van der Waals surface area (Å²) in [5.74, 6) is -0.160. The van der Waals surface area contributed by atoms with E-state index in [0.717, 1.165) is 0 Å². The first kappa shape index (κ1) is 21.7. The van der Waals surface area contributed by atoms with Crippen molar-refractivity contribution in [3.05, 3.63) is 86.4 Å². The maximum atomic E-state index is 12.3. The molecule has 32 heavy (non-hydrogen) atoms. The zero-order valence-corrected chi connectivity index (χ0v) is 18.3. The van der Waals surface area contributed by atoms with Gasteiger partial charge in [0, 0.05) is 34.0 Å². The van der Waals surface area contributed by atoms with Crippen LogP contribution in [0.3, 0.4) is 0 Å². The number of fused-ring (bicyclic) bond motifs is 1. The molecule has 0 aliphatic heterocycles. The van der Waals surface area contributed by atoms with Gasteiger partial charge in [0.2, 0.25) is 5.89 Å². The summed E-state index contributed by atoms with van der Waals surface area (Å²) in [5, 5.41) is 17.0. The summed E-state index contributed by atoms with van der Waals surface area (Å²) in [4.78, 5) is 26.9. The fraction of sp³-hybridized carbons (Fsp3) is 0. The first-order chi connectivity index (χ1) is 15.3. The molecule has 4 aromatic rings. The number of hydrogen-bond donors (Lipinski definition) is 2. The number of carbonyl (C=O) groups excluding carboxylic acids is 1. The zero-order valence-electron chi connectivity index (χ0n) is 16.0. The Morgan fingerprint density at radius 1 is 1.09 bits per heavy atom. The van der Waals surface area contributed by atoms with Crippen molar-refractivity contribution < 1.29 is 14.1 Å². The summed E-state index contributed by atoms with van der Waals surface area (Å²) < 4.78 is 5.77. The third-order valence-corrected chi connectivity index (χ3v) is 5.05. The van der Waals surface area contributed by atoms with Crippen molar-refractivity contribution in [1.82, 2.24) is 10.3 Å². The molecule has 3 aromatic carbocycles. The lowest BCUT2D eigenvalue weighted by Gasteiger charge is -2.10. The SMILES string of the molecule is O=C(NC(=S)Nc1cccc(-c2nc3cc(Cl)cc(Cl)c3o2)c1)c1ccc([N+](=O)[O-])cc1. The van der Waals surface area contributed by atoms with E-state index >= 15 is 0 Å². The quantitative estimate of drug-likeness (QED) is 0.212. The lowest BCUT2D eigenvalue weighted by molar-refractivity contribution is -0.384. The normalized spacial score (nSPS) is 10.7. The molecule has 1 amide bonds. The number of amides is 1. The Balaban J connectivity index is 1.48. The monoisotopic (exact) mass is 486 g/mol. The van der Waals surface area contributed by atoms with Gasteiger partial charge in [0.05, 0.1) is 9.95 Å². The van der Waals surface area contributed by atoms with Crippen molar-refractivity contribution in [3.63, 3.8) is 0 Å². The van der Waals surface area contributed by atoms with E-state index in [-0.39, 0.29) is 16.4 Å². The minimum Gasteiger partial charge on any atom is -0.435 e. The Hall–Kier alpha value is -3.53. The van der Waals surface area contributed by atoms with Crippen molar-refractivity contribution in [3.8, 4) is 11.5 Å². The molecule has 0 aliphatic rings. The van der Waals surface area contributed by atoms with E-state index < -0.39 is 10.8 Å². The third-order valence-electron chi connectivity index (χ3n) is 4.34. The van der Waals surface area contributed by atoms with Crippen LogP contribution in [0.2, 0.25) is 10.0 Å².